The first-order chi connectivity index (χ1) is 19.4. The predicted molar refractivity (Wildman–Crippen MR) is 152 cm³/mol. The number of nitriles is 1. The molecule has 3 aliphatic rings. The molecule has 0 radical (unpaired) electrons. The molecule has 1 atom stereocenters. The third kappa shape index (κ3) is 4.66. The van der Waals surface area contributed by atoms with E-state index in [0.29, 0.717) is 48.4 Å². The van der Waals surface area contributed by atoms with Gasteiger partial charge < -0.3 is 25.4 Å². The molecular formula is C30H33N7O3. The van der Waals surface area contributed by atoms with Crippen LogP contribution < -0.4 is 10.6 Å². The Morgan fingerprint density at radius 1 is 1.25 bits per heavy atom. The molecule has 0 spiro atoms. The zero-order valence-corrected chi connectivity index (χ0v) is 22.8. The Hall–Kier alpha value is -4.04. The first kappa shape index (κ1) is 26.2. The lowest BCUT2D eigenvalue weighted by Crippen LogP contribution is -2.57. The Balaban J connectivity index is 1.22. The number of hydrogen-bond donors (Lipinski definition) is 3. The molecule has 2 fully saturated rings. The fraction of sp³-hybridized carbons (Fsp3) is 0.400. The van der Waals surface area contributed by atoms with Crippen LogP contribution in [-0.2, 0) is 10.2 Å². The van der Waals surface area contributed by atoms with Crippen molar-refractivity contribution in [2.75, 3.05) is 63.2 Å². The van der Waals surface area contributed by atoms with E-state index in [1.807, 2.05) is 49.1 Å². The average molecular weight is 540 g/mol. The minimum absolute atomic E-state index is 0.0304. The fourth-order valence-electron chi connectivity index (χ4n) is 5.66. The summed E-state index contributed by atoms with van der Waals surface area (Å²) in [6, 6.07) is 14.0. The lowest BCUT2D eigenvalue weighted by molar-refractivity contribution is -0.0746. The summed E-state index contributed by atoms with van der Waals surface area (Å²) >= 11 is 0. The fourth-order valence-corrected chi connectivity index (χ4v) is 5.66. The van der Waals surface area contributed by atoms with E-state index < -0.39 is 5.41 Å². The molecule has 40 heavy (non-hydrogen) atoms. The highest BCUT2D eigenvalue weighted by Gasteiger charge is 2.36. The van der Waals surface area contributed by atoms with Crippen molar-refractivity contribution < 1.29 is 14.6 Å². The van der Waals surface area contributed by atoms with Crippen molar-refractivity contribution in [2.45, 2.75) is 25.3 Å². The normalized spacial score (nSPS) is 20.8. The number of ether oxygens (including phenoxy) is 1. The SMILES string of the molecule is Cc1c(Nc2nccc(-c3cc(C#N)c4c(c3)[C@@](C)(CO)CN4)n2)cccc1C(=O)N1CCN(C2COC2)CC1. The number of carbonyl (C=O) groups excluding carboxylic acids is 1. The van der Waals surface area contributed by atoms with Crippen LogP contribution in [0, 0.1) is 18.3 Å². The van der Waals surface area contributed by atoms with Crippen LogP contribution >= 0.6 is 0 Å². The van der Waals surface area contributed by atoms with E-state index in [4.69, 9.17) is 9.72 Å². The molecule has 0 aliphatic carbocycles. The summed E-state index contributed by atoms with van der Waals surface area (Å²) in [5.74, 6) is 0.423. The minimum atomic E-state index is -0.479. The topological polar surface area (TPSA) is 127 Å². The summed E-state index contributed by atoms with van der Waals surface area (Å²) in [6.45, 7) is 9.15. The van der Waals surface area contributed by atoms with Crippen LogP contribution in [0.3, 0.4) is 0 Å². The number of carbonyl (C=O) groups is 1. The van der Waals surface area contributed by atoms with Gasteiger partial charge in [-0.25, -0.2) is 9.97 Å². The Labute approximate surface area is 233 Å². The molecule has 10 nitrogen and oxygen atoms in total. The number of aliphatic hydroxyl groups is 1. The standard InChI is InChI=1S/C30H33N7O3/c1-19-23(28(39)37-10-8-36(9-11-37)22-15-40-16-22)4-3-5-25(19)34-29-32-7-6-26(35-29)20-12-21(14-31)27-24(13-20)30(2,18-38)17-33-27/h3-7,12-13,22,33,38H,8-11,15-18H2,1-2H3,(H,32,34,35)/t30-/m1/s1. The Morgan fingerprint density at radius 3 is 2.75 bits per heavy atom. The maximum Gasteiger partial charge on any atom is 0.254 e. The lowest BCUT2D eigenvalue weighted by Gasteiger charge is -2.42. The second-order valence-electron chi connectivity index (χ2n) is 11.0. The Kier molecular flexibility index (Phi) is 6.88. The van der Waals surface area contributed by atoms with Gasteiger partial charge in [-0.05, 0) is 48.4 Å². The van der Waals surface area contributed by atoms with Crippen molar-refractivity contribution in [3.05, 3.63) is 64.8 Å². The maximum absolute atomic E-state index is 13.4. The van der Waals surface area contributed by atoms with Crippen molar-refractivity contribution in [1.82, 2.24) is 19.8 Å². The number of piperazine rings is 1. The molecule has 10 heteroatoms. The van der Waals surface area contributed by atoms with E-state index in [2.05, 4.69) is 26.6 Å². The van der Waals surface area contributed by atoms with Crippen LogP contribution in [-0.4, -0.2) is 89.4 Å². The first-order valence-corrected chi connectivity index (χ1v) is 13.6. The van der Waals surface area contributed by atoms with E-state index in [0.717, 1.165) is 54.4 Å². The molecule has 4 heterocycles. The van der Waals surface area contributed by atoms with Gasteiger partial charge in [0.25, 0.3) is 5.91 Å². The zero-order valence-electron chi connectivity index (χ0n) is 22.8. The molecule has 6 rings (SSSR count). The number of hydrogen-bond acceptors (Lipinski definition) is 9. The van der Waals surface area contributed by atoms with E-state index in [9.17, 15) is 15.2 Å². The van der Waals surface area contributed by atoms with E-state index in [1.165, 1.54) is 0 Å². The highest BCUT2D eigenvalue weighted by atomic mass is 16.5. The zero-order chi connectivity index (χ0) is 27.9. The van der Waals surface area contributed by atoms with E-state index >= 15 is 0 Å². The third-order valence-electron chi connectivity index (χ3n) is 8.41. The summed E-state index contributed by atoms with van der Waals surface area (Å²) in [5.41, 5.74) is 5.40. The van der Waals surface area contributed by atoms with Gasteiger partial charge in [0.1, 0.15) is 6.07 Å². The van der Waals surface area contributed by atoms with Crippen molar-refractivity contribution in [3.8, 4) is 17.3 Å². The smallest absolute Gasteiger partial charge is 0.254 e. The van der Waals surface area contributed by atoms with Gasteiger partial charge >= 0.3 is 0 Å². The third-order valence-corrected chi connectivity index (χ3v) is 8.41. The van der Waals surface area contributed by atoms with Crippen molar-refractivity contribution in [3.63, 3.8) is 0 Å². The molecule has 206 valence electrons. The Morgan fingerprint density at radius 2 is 2.05 bits per heavy atom. The highest BCUT2D eigenvalue weighted by Crippen LogP contribution is 2.41. The van der Waals surface area contributed by atoms with E-state index in [1.54, 1.807) is 12.3 Å². The lowest BCUT2D eigenvalue weighted by atomic mass is 9.83. The Bertz CT molecular complexity index is 1490. The number of nitrogens with zero attached hydrogens (tertiary/aromatic N) is 5. The molecule has 0 unspecified atom stereocenters. The van der Waals surface area contributed by atoms with Gasteiger partial charge in [0.2, 0.25) is 5.95 Å². The largest absolute Gasteiger partial charge is 0.395 e. The number of nitrogens with one attached hydrogen (secondary N) is 2. The molecule has 0 bridgehead atoms. The molecule has 1 amide bonds. The number of fused-ring (bicyclic) bond motifs is 1. The maximum atomic E-state index is 13.4. The van der Waals surface area contributed by atoms with Gasteiger partial charge in [-0.1, -0.05) is 13.0 Å². The van der Waals surface area contributed by atoms with Crippen molar-refractivity contribution in [2.24, 2.45) is 0 Å². The van der Waals surface area contributed by atoms with Crippen LogP contribution in [0.2, 0.25) is 0 Å². The molecule has 1 aromatic heterocycles. The molecule has 3 N–H and O–H groups in total. The van der Waals surface area contributed by atoms with Gasteiger partial charge in [0, 0.05) is 61.1 Å². The van der Waals surface area contributed by atoms with Gasteiger partial charge in [-0.15, -0.1) is 0 Å². The van der Waals surface area contributed by atoms with Gasteiger partial charge in [-0.3, -0.25) is 9.69 Å². The number of benzene rings is 2. The number of rotatable bonds is 6. The highest BCUT2D eigenvalue weighted by molar-refractivity contribution is 5.97. The summed E-state index contributed by atoms with van der Waals surface area (Å²) in [4.78, 5) is 26.9. The minimum Gasteiger partial charge on any atom is -0.395 e. The number of aromatic nitrogens is 2. The van der Waals surface area contributed by atoms with Gasteiger partial charge in [0.15, 0.2) is 0 Å². The monoisotopic (exact) mass is 539 g/mol. The van der Waals surface area contributed by atoms with E-state index in [-0.39, 0.29) is 12.5 Å². The predicted octanol–water partition coefficient (Wildman–Crippen LogP) is 2.90. The molecule has 3 aliphatic heterocycles. The first-order valence-electron chi connectivity index (χ1n) is 13.6. The van der Waals surface area contributed by atoms with Crippen LogP contribution in [0.5, 0.6) is 0 Å². The average Bonchev–Trinajstić information content (AvgIpc) is 3.30. The van der Waals surface area contributed by atoms with Crippen LogP contribution in [0.4, 0.5) is 17.3 Å². The van der Waals surface area contributed by atoms with Crippen LogP contribution in [0.1, 0.15) is 34.0 Å². The van der Waals surface area contributed by atoms with Crippen LogP contribution in [0.25, 0.3) is 11.3 Å². The summed E-state index contributed by atoms with van der Waals surface area (Å²) < 4.78 is 5.32. The molecular weight excluding hydrogens is 506 g/mol. The van der Waals surface area contributed by atoms with Crippen molar-refractivity contribution in [1.29, 1.82) is 5.26 Å². The second-order valence-corrected chi connectivity index (χ2v) is 11.0. The van der Waals surface area contributed by atoms with Crippen molar-refractivity contribution >= 4 is 23.2 Å². The number of aliphatic hydroxyl groups excluding tert-OH is 1. The van der Waals surface area contributed by atoms with Gasteiger partial charge in [-0.2, -0.15) is 5.26 Å². The second kappa shape index (κ2) is 10.5. The summed E-state index contributed by atoms with van der Waals surface area (Å²) in [5, 5.41) is 26.4. The van der Waals surface area contributed by atoms with Crippen LogP contribution in [0.15, 0.2) is 42.6 Å². The molecule has 3 aromatic rings. The number of amides is 1. The summed E-state index contributed by atoms with van der Waals surface area (Å²) in [7, 11) is 0. The summed E-state index contributed by atoms with van der Waals surface area (Å²) in [6.07, 6.45) is 1.67. The quantitative estimate of drug-likeness (QED) is 0.433. The molecule has 2 aromatic carbocycles. The van der Waals surface area contributed by atoms with Gasteiger partial charge in [0.05, 0.1) is 42.8 Å². The number of anilines is 3. The molecule has 2 saturated heterocycles. The molecule has 0 saturated carbocycles.